The second-order valence-electron chi connectivity index (χ2n) is 5.30. The minimum absolute atomic E-state index is 0.116. The lowest BCUT2D eigenvalue weighted by atomic mass is 9.90. The summed E-state index contributed by atoms with van der Waals surface area (Å²) in [5, 5.41) is 6.02. The van der Waals surface area contributed by atoms with Gasteiger partial charge >= 0.3 is 0 Å². The number of nitrogens with one attached hydrogen (secondary N) is 2. The summed E-state index contributed by atoms with van der Waals surface area (Å²) >= 11 is 0. The first-order valence-corrected chi connectivity index (χ1v) is 6.90. The van der Waals surface area contributed by atoms with Crippen LogP contribution in [0.4, 0.5) is 10.1 Å². The van der Waals surface area contributed by atoms with Crippen molar-refractivity contribution in [2.24, 2.45) is 0 Å². The van der Waals surface area contributed by atoms with Gasteiger partial charge in [-0.25, -0.2) is 4.39 Å². The monoisotopic (exact) mass is 264 g/mol. The molecule has 1 aromatic rings. The van der Waals surface area contributed by atoms with Crippen LogP contribution in [-0.2, 0) is 4.79 Å². The molecule has 0 bridgehead atoms. The van der Waals surface area contributed by atoms with Crippen LogP contribution in [0.25, 0.3) is 0 Å². The Morgan fingerprint density at radius 3 is 2.89 bits per heavy atom. The third kappa shape index (κ3) is 2.95. The Hall–Kier alpha value is -1.42. The molecule has 0 spiro atoms. The number of rotatable bonds is 4. The van der Waals surface area contributed by atoms with Crippen molar-refractivity contribution >= 4 is 11.6 Å². The number of carbonyl (C=O) groups is 1. The molecule has 0 saturated carbocycles. The van der Waals surface area contributed by atoms with Gasteiger partial charge in [0.25, 0.3) is 0 Å². The van der Waals surface area contributed by atoms with Crippen LogP contribution in [0.2, 0.25) is 0 Å². The van der Waals surface area contributed by atoms with E-state index in [0.29, 0.717) is 0 Å². The predicted molar refractivity (Wildman–Crippen MR) is 74.6 cm³/mol. The minimum Gasteiger partial charge on any atom is -0.322 e. The molecule has 3 nitrogen and oxygen atoms in total. The molecule has 4 heteroatoms. The summed E-state index contributed by atoms with van der Waals surface area (Å²) in [6.07, 6.45) is 3.52. The predicted octanol–water partition coefficient (Wildman–Crippen LogP) is 2.99. The lowest BCUT2D eigenvalue weighted by Crippen LogP contribution is -2.50. The summed E-state index contributed by atoms with van der Waals surface area (Å²) in [4.78, 5) is 12.4. The zero-order valence-corrected chi connectivity index (χ0v) is 11.6. The molecule has 2 rings (SSSR count). The van der Waals surface area contributed by atoms with E-state index in [4.69, 9.17) is 0 Å². The van der Waals surface area contributed by atoms with Gasteiger partial charge in [-0.1, -0.05) is 19.4 Å². The highest BCUT2D eigenvalue weighted by Gasteiger charge is 2.40. The van der Waals surface area contributed by atoms with E-state index < -0.39 is 5.54 Å². The summed E-state index contributed by atoms with van der Waals surface area (Å²) in [6, 6.07) is 4.86. The summed E-state index contributed by atoms with van der Waals surface area (Å²) < 4.78 is 13.8. The minimum atomic E-state index is -0.522. The lowest BCUT2D eigenvalue weighted by Gasteiger charge is -2.28. The van der Waals surface area contributed by atoms with Gasteiger partial charge in [-0.15, -0.1) is 0 Å². The number of amides is 1. The maximum absolute atomic E-state index is 13.8. The van der Waals surface area contributed by atoms with Crippen LogP contribution in [0.15, 0.2) is 18.2 Å². The van der Waals surface area contributed by atoms with Crippen LogP contribution >= 0.6 is 0 Å². The van der Waals surface area contributed by atoms with Crippen molar-refractivity contribution in [3.63, 3.8) is 0 Å². The lowest BCUT2D eigenvalue weighted by molar-refractivity contribution is -0.122. The van der Waals surface area contributed by atoms with E-state index in [1.54, 1.807) is 12.1 Å². The highest BCUT2D eigenvalue weighted by molar-refractivity contribution is 5.98. The van der Waals surface area contributed by atoms with E-state index >= 15 is 0 Å². The summed E-state index contributed by atoms with van der Waals surface area (Å²) in [6.45, 7) is 4.73. The molecular weight excluding hydrogens is 243 g/mol. The first-order chi connectivity index (χ1) is 9.07. The molecule has 0 aromatic heterocycles. The second-order valence-corrected chi connectivity index (χ2v) is 5.30. The van der Waals surface area contributed by atoms with Gasteiger partial charge in [-0.2, -0.15) is 0 Å². The average molecular weight is 264 g/mol. The van der Waals surface area contributed by atoms with Gasteiger partial charge in [-0.05, 0) is 50.4 Å². The Morgan fingerprint density at radius 2 is 2.32 bits per heavy atom. The van der Waals surface area contributed by atoms with Crippen LogP contribution in [0, 0.1) is 12.7 Å². The van der Waals surface area contributed by atoms with Gasteiger partial charge in [0.15, 0.2) is 0 Å². The molecule has 0 radical (unpaired) electrons. The highest BCUT2D eigenvalue weighted by atomic mass is 19.1. The topological polar surface area (TPSA) is 41.1 Å². The number of halogens is 1. The van der Waals surface area contributed by atoms with Crippen LogP contribution < -0.4 is 10.6 Å². The summed E-state index contributed by atoms with van der Waals surface area (Å²) in [7, 11) is 0. The van der Waals surface area contributed by atoms with Crippen molar-refractivity contribution in [2.75, 3.05) is 11.9 Å². The fourth-order valence-electron chi connectivity index (χ4n) is 2.72. The fourth-order valence-corrected chi connectivity index (χ4v) is 2.72. The van der Waals surface area contributed by atoms with Gasteiger partial charge in [0.2, 0.25) is 5.91 Å². The van der Waals surface area contributed by atoms with Crippen molar-refractivity contribution < 1.29 is 9.18 Å². The fraction of sp³-hybridized carbons (Fsp3) is 0.533. The first kappa shape index (κ1) is 14.0. The van der Waals surface area contributed by atoms with Gasteiger partial charge in [0.05, 0.1) is 11.2 Å². The molecule has 1 aromatic carbocycles. The molecule has 1 fully saturated rings. The van der Waals surface area contributed by atoms with Crippen molar-refractivity contribution in [2.45, 2.75) is 45.1 Å². The number of hydrogen-bond acceptors (Lipinski definition) is 2. The molecule has 1 unspecified atom stereocenters. The Balaban J connectivity index is 2.15. The van der Waals surface area contributed by atoms with Crippen molar-refractivity contribution in [3.8, 4) is 0 Å². The third-order valence-corrected chi connectivity index (χ3v) is 3.73. The molecule has 2 N–H and O–H groups in total. The molecule has 1 heterocycles. The molecule has 0 aliphatic carbocycles. The molecular formula is C15H21FN2O. The Bertz CT molecular complexity index is 467. The SMILES string of the molecule is CCCC1(C(=O)Nc2ccc(C)cc2F)CCCN1. The molecule has 104 valence electrons. The highest BCUT2D eigenvalue weighted by Crippen LogP contribution is 2.27. The molecule has 19 heavy (non-hydrogen) atoms. The molecule has 1 aliphatic rings. The van der Waals surface area contributed by atoms with Crippen molar-refractivity contribution in [3.05, 3.63) is 29.6 Å². The zero-order valence-electron chi connectivity index (χ0n) is 11.6. The van der Waals surface area contributed by atoms with E-state index in [-0.39, 0.29) is 17.4 Å². The maximum Gasteiger partial charge on any atom is 0.244 e. The van der Waals surface area contributed by atoms with Gasteiger partial charge < -0.3 is 10.6 Å². The number of hydrogen-bond donors (Lipinski definition) is 2. The first-order valence-electron chi connectivity index (χ1n) is 6.90. The Kier molecular flexibility index (Phi) is 4.20. The van der Waals surface area contributed by atoms with Crippen LogP contribution in [0.1, 0.15) is 38.2 Å². The van der Waals surface area contributed by atoms with E-state index in [1.807, 2.05) is 6.92 Å². The van der Waals surface area contributed by atoms with Crippen molar-refractivity contribution in [1.29, 1.82) is 0 Å². The van der Waals surface area contributed by atoms with Gasteiger partial charge in [-0.3, -0.25) is 4.79 Å². The van der Waals surface area contributed by atoms with Crippen molar-refractivity contribution in [1.82, 2.24) is 5.32 Å². The zero-order chi connectivity index (χ0) is 13.9. The largest absolute Gasteiger partial charge is 0.322 e. The van der Waals surface area contributed by atoms with E-state index in [2.05, 4.69) is 17.6 Å². The maximum atomic E-state index is 13.8. The molecule has 1 atom stereocenters. The smallest absolute Gasteiger partial charge is 0.244 e. The molecule has 1 amide bonds. The van der Waals surface area contributed by atoms with E-state index in [9.17, 15) is 9.18 Å². The quantitative estimate of drug-likeness (QED) is 0.877. The van der Waals surface area contributed by atoms with E-state index in [0.717, 1.165) is 37.8 Å². The summed E-state index contributed by atoms with van der Waals surface area (Å²) in [5.41, 5.74) is 0.587. The number of anilines is 1. The number of aryl methyl sites for hydroxylation is 1. The third-order valence-electron chi connectivity index (χ3n) is 3.73. The average Bonchev–Trinajstić information content (AvgIpc) is 2.83. The number of carbonyl (C=O) groups excluding carboxylic acids is 1. The second kappa shape index (κ2) is 5.70. The van der Waals surface area contributed by atoms with Gasteiger partial charge in [0, 0.05) is 0 Å². The van der Waals surface area contributed by atoms with Crippen LogP contribution in [0.5, 0.6) is 0 Å². The Morgan fingerprint density at radius 1 is 1.53 bits per heavy atom. The number of benzene rings is 1. The summed E-state index contributed by atoms with van der Waals surface area (Å²) in [5.74, 6) is -0.493. The normalized spacial score (nSPS) is 22.5. The van der Waals surface area contributed by atoms with Crippen LogP contribution in [0.3, 0.4) is 0 Å². The Labute approximate surface area is 113 Å². The van der Waals surface area contributed by atoms with E-state index in [1.165, 1.54) is 6.07 Å². The van der Waals surface area contributed by atoms with Crippen LogP contribution in [-0.4, -0.2) is 18.0 Å². The van der Waals surface area contributed by atoms with Gasteiger partial charge in [0.1, 0.15) is 5.82 Å². The molecule has 1 aliphatic heterocycles. The standard InChI is InChI=1S/C15H21FN2O/c1-3-7-15(8-4-9-17-15)14(19)18-13-6-5-11(2)10-12(13)16/h5-6,10,17H,3-4,7-9H2,1-2H3,(H,18,19). The molecule has 1 saturated heterocycles.